The van der Waals surface area contributed by atoms with Crippen molar-refractivity contribution in [1.82, 2.24) is 14.7 Å². The molecule has 0 fully saturated rings. The summed E-state index contributed by atoms with van der Waals surface area (Å²) >= 11 is 4.68. The Morgan fingerprint density at radius 3 is 2.70 bits per heavy atom. The predicted molar refractivity (Wildman–Crippen MR) is 82.4 cm³/mol. The molecular weight excluding hydrogens is 364 g/mol. The van der Waals surface area contributed by atoms with Gasteiger partial charge < -0.3 is 5.32 Å². The number of aryl methyl sites for hydroxylation is 1. The molecule has 0 aliphatic carbocycles. The van der Waals surface area contributed by atoms with Crippen LogP contribution in [0.1, 0.15) is 9.88 Å². The molecule has 0 atom stereocenters. The molecule has 2 rings (SSSR count). The largest absolute Gasteiger partial charge is 0.372 e. The van der Waals surface area contributed by atoms with Gasteiger partial charge in [-0.15, -0.1) is 11.3 Å². The number of nitrogens with zero attached hydrogens (tertiary/aromatic N) is 2. The normalized spacial score (nSPS) is 11.6. The van der Waals surface area contributed by atoms with Crippen molar-refractivity contribution in [2.75, 3.05) is 12.4 Å². The van der Waals surface area contributed by atoms with Crippen LogP contribution in [0.15, 0.2) is 27.8 Å². The van der Waals surface area contributed by atoms with Crippen LogP contribution >= 0.6 is 27.3 Å². The average Bonchev–Trinajstić information content (AvgIpc) is 2.82. The van der Waals surface area contributed by atoms with Crippen molar-refractivity contribution in [3.05, 3.63) is 32.8 Å². The topological polar surface area (TPSA) is 84.0 Å². The summed E-state index contributed by atoms with van der Waals surface area (Å²) in [4.78, 5) is 9.30. The molecule has 0 aliphatic heterocycles. The van der Waals surface area contributed by atoms with Crippen LogP contribution in [-0.2, 0) is 16.6 Å². The second kappa shape index (κ2) is 6.17. The van der Waals surface area contributed by atoms with Crippen LogP contribution in [0.5, 0.6) is 0 Å². The van der Waals surface area contributed by atoms with Gasteiger partial charge in [-0.1, -0.05) is 0 Å². The molecule has 20 heavy (non-hydrogen) atoms. The Morgan fingerprint density at radius 2 is 2.10 bits per heavy atom. The number of thiazole rings is 1. The Kier molecular flexibility index (Phi) is 4.74. The van der Waals surface area contributed by atoms with Crippen LogP contribution in [0, 0.1) is 6.92 Å². The number of anilines is 1. The lowest BCUT2D eigenvalue weighted by Gasteiger charge is -2.10. The molecule has 0 saturated carbocycles. The number of aromatic nitrogens is 2. The van der Waals surface area contributed by atoms with E-state index in [-0.39, 0.29) is 11.4 Å². The molecular formula is C11H13BrN4O2S2. The van der Waals surface area contributed by atoms with Crippen molar-refractivity contribution < 1.29 is 8.42 Å². The smallest absolute Gasteiger partial charge is 0.244 e. The molecule has 2 aromatic heterocycles. The Morgan fingerprint density at radius 1 is 1.35 bits per heavy atom. The highest BCUT2D eigenvalue weighted by Crippen LogP contribution is 2.22. The standard InChI is InChI=1S/C11H13BrN4O2S2/c1-7-4-14-10(19-7)6-16-20(17,18)9-3-8(12)5-15-11(9)13-2/h3-5,16H,6H2,1-2H3,(H,13,15). The third-order valence-corrected chi connectivity index (χ3v) is 5.19. The van der Waals surface area contributed by atoms with Gasteiger partial charge in [0.1, 0.15) is 15.7 Å². The molecule has 6 nitrogen and oxygen atoms in total. The van der Waals surface area contributed by atoms with Crippen molar-refractivity contribution in [3.8, 4) is 0 Å². The Bertz CT molecular complexity index is 715. The molecule has 0 saturated heterocycles. The predicted octanol–water partition coefficient (Wildman–Crippen LogP) is 2.13. The van der Waals surface area contributed by atoms with Gasteiger partial charge in [0, 0.05) is 28.8 Å². The van der Waals surface area contributed by atoms with Gasteiger partial charge in [0.2, 0.25) is 10.0 Å². The zero-order chi connectivity index (χ0) is 14.8. The molecule has 2 N–H and O–H groups in total. The quantitative estimate of drug-likeness (QED) is 0.834. The molecule has 0 spiro atoms. The minimum absolute atomic E-state index is 0.0997. The number of halogens is 1. The SMILES string of the molecule is CNc1ncc(Br)cc1S(=O)(=O)NCc1ncc(C)s1. The van der Waals surface area contributed by atoms with Crippen molar-refractivity contribution in [3.63, 3.8) is 0 Å². The zero-order valence-electron chi connectivity index (χ0n) is 10.8. The minimum Gasteiger partial charge on any atom is -0.372 e. The molecule has 2 aromatic rings. The van der Waals surface area contributed by atoms with Crippen LogP contribution < -0.4 is 10.0 Å². The van der Waals surface area contributed by atoms with E-state index in [1.54, 1.807) is 13.2 Å². The number of hydrogen-bond donors (Lipinski definition) is 2. The average molecular weight is 377 g/mol. The monoisotopic (exact) mass is 376 g/mol. The third-order valence-electron chi connectivity index (χ3n) is 2.43. The van der Waals surface area contributed by atoms with E-state index in [9.17, 15) is 8.42 Å². The number of hydrogen-bond acceptors (Lipinski definition) is 6. The molecule has 0 amide bonds. The van der Waals surface area contributed by atoms with Gasteiger partial charge in [-0.3, -0.25) is 0 Å². The van der Waals surface area contributed by atoms with Crippen LogP contribution in [-0.4, -0.2) is 25.4 Å². The molecule has 9 heteroatoms. The number of pyridine rings is 1. The first-order valence-corrected chi connectivity index (χ1v) is 8.76. The van der Waals surface area contributed by atoms with Crippen molar-refractivity contribution in [2.45, 2.75) is 18.4 Å². The number of nitrogens with one attached hydrogen (secondary N) is 2. The first-order chi connectivity index (χ1) is 9.42. The lowest BCUT2D eigenvalue weighted by Crippen LogP contribution is -2.24. The fourth-order valence-corrected chi connectivity index (χ4v) is 4.01. The summed E-state index contributed by atoms with van der Waals surface area (Å²) in [6.07, 6.45) is 3.25. The summed E-state index contributed by atoms with van der Waals surface area (Å²) < 4.78 is 27.7. The van der Waals surface area contributed by atoms with Gasteiger partial charge in [-0.2, -0.15) is 0 Å². The van der Waals surface area contributed by atoms with Crippen molar-refractivity contribution >= 4 is 43.1 Å². The molecule has 108 valence electrons. The van der Waals surface area contributed by atoms with E-state index >= 15 is 0 Å². The van der Waals surface area contributed by atoms with E-state index in [1.807, 2.05) is 6.92 Å². The maximum absolute atomic E-state index is 12.3. The van der Waals surface area contributed by atoms with Crippen molar-refractivity contribution in [1.29, 1.82) is 0 Å². The van der Waals surface area contributed by atoms with Gasteiger partial charge in [-0.05, 0) is 28.9 Å². The molecule has 0 bridgehead atoms. The third kappa shape index (κ3) is 3.54. The lowest BCUT2D eigenvalue weighted by molar-refractivity contribution is 0.581. The van der Waals surface area contributed by atoms with Crippen LogP contribution in [0.25, 0.3) is 0 Å². The van der Waals surface area contributed by atoms with Gasteiger partial charge in [0.05, 0.1) is 6.54 Å². The Balaban J connectivity index is 2.24. The molecule has 2 heterocycles. The van der Waals surface area contributed by atoms with E-state index in [1.165, 1.54) is 23.6 Å². The fraction of sp³-hybridized carbons (Fsp3) is 0.273. The van der Waals surface area contributed by atoms with Gasteiger partial charge in [-0.25, -0.2) is 23.1 Å². The minimum atomic E-state index is -3.65. The number of sulfonamides is 1. The molecule has 0 unspecified atom stereocenters. The first kappa shape index (κ1) is 15.4. The van der Waals surface area contributed by atoms with Gasteiger partial charge in [0.25, 0.3) is 0 Å². The zero-order valence-corrected chi connectivity index (χ0v) is 14.1. The summed E-state index contributed by atoms with van der Waals surface area (Å²) in [5, 5.41) is 3.49. The summed E-state index contributed by atoms with van der Waals surface area (Å²) in [5.74, 6) is 0.302. The fourth-order valence-electron chi connectivity index (χ4n) is 1.53. The van der Waals surface area contributed by atoms with Crippen LogP contribution in [0.2, 0.25) is 0 Å². The second-order valence-corrected chi connectivity index (χ2v) is 7.91. The molecule has 0 aromatic carbocycles. The first-order valence-electron chi connectivity index (χ1n) is 5.66. The number of rotatable bonds is 5. The highest BCUT2D eigenvalue weighted by molar-refractivity contribution is 9.10. The van der Waals surface area contributed by atoms with E-state index in [0.717, 1.165) is 9.88 Å². The summed E-state index contributed by atoms with van der Waals surface area (Å²) in [6, 6.07) is 1.51. The highest BCUT2D eigenvalue weighted by Gasteiger charge is 2.20. The second-order valence-electron chi connectivity index (χ2n) is 3.94. The van der Waals surface area contributed by atoms with E-state index in [4.69, 9.17) is 0 Å². The van der Waals surface area contributed by atoms with Crippen LogP contribution in [0.3, 0.4) is 0 Å². The summed E-state index contributed by atoms with van der Waals surface area (Å²) in [6.45, 7) is 2.09. The summed E-state index contributed by atoms with van der Waals surface area (Å²) in [7, 11) is -2.03. The van der Waals surface area contributed by atoms with Crippen LogP contribution in [0.4, 0.5) is 5.82 Å². The molecule has 0 radical (unpaired) electrons. The van der Waals surface area contributed by atoms with Gasteiger partial charge >= 0.3 is 0 Å². The Hall–Kier alpha value is -1.03. The van der Waals surface area contributed by atoms with E-state index in [0.29, 0.717) is 10.3 Å². The van der Waals surface area contributed by atoms with Gasteiger partial charge in [0.15, 0.2) is 0 Å². The lowest BCUT2D eigenvalue weighted by atomic mass is 10.4. The maximum atomic E-state index is 12.3. The highest BCUT2D eigenvalue weighted by atomic mass is 79.9. The van der Waals surface area contributed by atoms with E-state index in [2.05, 4.69) is 35.9 Å². The molecule has 0 aliphatic rings. The van der Waals surface area contributed by atoms with E-state index < -0.39 is 10.0 Å². The maximum Gasteiger partial charge on any atom is 0.244 e. The Labute approximate surface area is 129 Å². The summed E-state index contributed by atoms with van der Waals surface area (Å²) in [5.41, 5.74) is 0. The van der Waals surface area contributed by atoms with Crippen molar-refractivity contribution in [2.24, 2.45) is 0 Å².